The van der Waals surface area contributed by atoms with E-state index < -0.39 is 0 Å². The minimum atomic E-state index is 0.119. The molecule has 0 amide bonds. The normalized spacial score (nSPS) is 13.0. The Morgan fingerprint density at radius 2 is 1.15 bits per heavy atom. The SMILES string of the molecule is c1ccc(-c2ccc3c(c2)B2c4ccccc4Oc4cccc(c42)O3)cc1. The van der Waals surface area contributed by atoms with Crippen molar-refractivity contribution in [1.29, 1.82) is 0 Å². The van der Waals surface area contributed by atoms with Gasteiger partial charge in [0.15, 0.2) is 0 Å². The molecular formula is C24H15BO2. The van der Waals surface area contributed by atoms with Crippen LogP contribution in [-0.2, 0) is 0 Å². The predicted octanol–water partition coefficient (Wildman–Crippen LogP) is 4.08. The van der Waals surface area contributed by atoms with E-state index in [0.717, 1.165) is 28.5 Å². The Morgan fingerprint density at radius 3 is 1.96 bits per heavy atom. The summed E-state index contributed by atoms with van der Waals surface area (Å²) in [5.74, 6) is 3.60. The number of hydrogen-bond acceptors (Lipinski definition) is 2. The summed E-state index contributed by atoms with van der Waals surface area (Å²) in [6.07, 6.45) is 0. The van der Waals surface area contributed by atoms with Crippen LogP contribution >= 0.6 is 0 Å². The summed E-state index contributed by atoms with van der Waals surface area (Å²) < 4.78 is 12.4. The molecule has 4 aromatic carbocycles. The van der Waals surface area contributed by atoms with Gasteiger partial charge in [-0.25, -0.2) is 0 Å². The van der Waals surface area contributed by atoms with Crippen LogP contribution < -0.4 is 25.9 Å². The zero-order chi connectivity index (χ0) is 17.8. The molecular weight excluding hydrogens is 331 g/mol. The van der Waals surface area contributed by atoms with Crippen LogP contribution in [0.2, 0.25) is 0 Å². The van der Waals surface area contributed by atoms with Crippen molar-refractivity contribution in [2.45, 2.75) is 0 Å². The topological polar surface area (TPSA) is 18.5 Å². The van der Waals surface area contributed by atoms with Gasteiger partial charge in [0.1, 0.15) is 23.0 Å². The summed E-state index contributed by atoms with van der Waals surface area (Å²) in [5, 5.41) is 0. The molecule has 0 N–H and O–H groups in total. The summed E-state index contributed by atoms with van der Waals surface area (Å²) in [6, 6.07) is 31.3. The molecule has 0 bridgehead atoms. The van der Waals surface area contributed by atoms with Gasteiger partial charge in [0.25, 0.3) is 6.71 Å². The molecule has 0 saturated carbocycles. The number of benzene rings is 4. The van der Waals surface area contributed by atoms with Crippen molar-refractivity contribution in [3.8, 4) is 34.1 Å². The number of hydrogen-bond donors (Lipinski definition) is 0. The Kier molecular flexibility index (Phi) is 3.00. The van der Waals surface area contributed by atoms with Crippen molar-refractivity contribution >= 4 is 23.1 Å². The molecule has 0 saturated heterocycles. The molecule has 2 nitrogen and oxygen atoms in total. The van der Waals surface area contributed by atoms with Crippen LogP contribution in [0.3, 0.4) is 0 Å². The van der Waals surface area contributed by atoms with Gasteiger partial charge in [-0.15, -0.1) is 0 Å². The molecule has 2 aliphatic rings. The second-order valence-electron chi connectivity index (χ2n) is 6.96. The second kappa shape index (κ2) is 5.52. The smallest absolute Gasteiger partial charge is 0.260 e. The third kappa shape index (κ3) is 2.15. The summed E-state index contributed by atoms with van der Waals surface area (Å²) in [7, 11) is 0. The van der Waals surface area contributed by atoms with E-state index in [2.05, 4.69) is 54.6 Å². The molecule has 6 rings (SSSR count). The van der Waals surface area contributed by atoms with Crippen molar-refractivity contribution < 1.29 is 9.47 Å². The third-order valence-corrected chi connectivity index (χ3v) is 5.41. The van der Waals surface area contributed by atoms with E-state index in [9.17, 15) is 0 Å². The molecule has 2 heterocycles. The quantitative estimate of drug-likeness (QED) is 0.418. The fourth-order valence-corrected chi connectivity index (χ4v) is 4.19. The van der Waals surface area contributed by atoms with Crippen LogP contribution in [0.4, 0.5) is 0 Å². The van der Waals surface area contributed by atoms with Crippen molar-refractivity contribution in [2.75, 3.05) is 0 Å². The lowest BCUT2D eigenvalue weighted by atomic mass is 9.35. The molecule has 0 fully saturated rings. The van der Waals surface area contributed by atoms with Gasteiger partial charge in [-0.1, -0.05) is 66.7 Å². The average molecular weight is 346 g/mol. The molecule has 3 heteroatoms. The largest absolute Gasteiger partial charge is 0.458 e. The summed E-state index contributed by atoms with van der Waals surface area (Å²) in [5.41, 5.74) is 5.90. The lowest BCUT2D eigenvalue weighted by Gasteiger charge is -2.33. The van der Waals surface area contributed by atoms with Crippen molar-refractivity contribution in [1.82, 2.24) is 0 Å². The third-order valence-electron chi connectivity index (χ3n) is 5.41. The molecule has 4 aromatic rings. The molecule has 2 aliphatic heterocycles. The molecule has 0 atom stereocenters. The highest BCUT2D eigenvalue weighted by molar-refractivity contribution is 6.98. The van der Waals surface area contributed by atoms with Gasteiger partial charge in [-0.3, -0.25) is 0 Å². The van der Waals surface area contributed by atoms with E-state index >= 15 is 0 Å². The number of para-hydroxylation sites is 1. The van der Waals surface area contributed by atoms with E-state index in [1.165, 1.54) is 22.1 Å². The maximum atomic E-state index is 6.25. The van der Waals surface area contributed by atoms with Gasteiger partial charge in [-0.05, 0) is 46.3 Å². The second-order valence-corrected chi connectivity index (χ2v) is 6.96. The number of rotatable bonds is 1. The van der Waals surface area contributed by atoms with Crippen LogP contribution in [0, 0.1) is 0 Å². The Morgan fingerprint density at radius 1 is 0.481 bits per heavy atom. The van der Waals surface area contributed by atoms with Gasteiger partial charge < -0.3 is 9.47 Å². The van der Waals surface area contributed by atoms with E-state index in [1.54, 1.807) is 0 Å². The fraction of sp³-hybridized carbons (Fsp3) is 0. The van der Waals surface area contributed by atoms with Crippen LogP contribution in [0.25, 0.3) is 11.1 Å². The van der Waals surface area contributed by atoms with Crippen LogP contribution in [0.1, 0.15) is 0 Å². The molecule has 0 spiro atoms. The van der Waals surface area contributed by atoms with Gasteiger partial charge in [0, 0.05) is 5.46 Å². The average Bonchev–Trinajstić information content (AvgIpc) is 2.74. The van der Waals surface area contributed by atoms with E-state index in [4.69, 9.17) is 9.47 Å². The molecule has 27 heavy (non-hydrogen) atoms. The standard InChI is InChI=1S/C24H15BO2/c1-2-7-16(8-3-1)17-13-14-21-19(15-17)25-18-9-4-5-10-20(18)26-22-11-6-12-23(27-21)24(22)25/h1-15H. The van der Waals surface area contributed by atoms with E-state index in [0.29, 0.717) is 0 Å². The first-order valence-corrected chi connectivity index (χ1v) is 9.15. The van der Waals surface area contributed by atoms with E-state index in [1.807, 2.05) is 36.4 Å². The first kappa shape index (κ1) is 14.7. The monoisotopic (exact) mass is 346 g/mol. The first-order chi connectivity index (χ1) is 13.4. The van der Waals surface area contributed by atoms with Gasteiger partial charge >= 0.3 is 0 Å². The molecule has 0 aliphatic carbocycles. The van der Waals surface area contributed by atoms with Crippen LogP contribution in [-0.4, -0.2) is 6.71 Å². The Balaban J connectivity index is 1.62. The molecule has 126 valence electrons. The molecule has 0 aromatic heterocycles. The highest BCUT2D eigenvalue weighted by Gasteiger charge is 2.39. The minimum Gasteiger partial charge on any atom is -0.458 e. The lowest BCUT2D eigenvalue weighted by molar-refractivity contribution is 0.464. The van der Waals surface area contributed by atoms with Crippen molar-refractivity contribution in [3.05, 3.63) is 91.0 Å². The van der Waals surface area contributed by atoms with Gasteiger partial charge in [0.2, 0.25) is 0 Å². The van der Waals surface area contributed by atoms with Gasteiger partial charge in [0.05, 0.1) is 0 Å². The van der Waals surface area contributed by atoms with Crippen molar-refractivity contribution in [3.63, 3.8) is 0 Å². The Bertz CT molecular complexity index is 1170. The van der Waals surface area contributed by atoms with E-state index in [-0.39, 0.29) is 6.71 Å². The summed E-state index contributed by atoms with van der Waals surface area (Å²) >= 11 is 0. The number of fused-ring (bicyclic) bond motifs is 4. The van der Waals surface area contributed by atoms with Crippen LogP contribution in [0.15, 0.2) is 91.0 Å². The fourth-order valence-electron chi connectivity index (χ4n) is 4.19. The first-order valence-electron chi connectivity index (χ1n) is 9.15. The minimum absolute atomic E-state index is 0.119. The zero-order valence-electron chi connectivity index (χ0n) is 14.6. The summed E-state index contributed by atoms with van der Waals surface area (Å²) in [4.78, 5) is 0. The number of ether oxygens (including phenoxy) is 2. The Hall–Kier alpha value is -3.46. The van der Waals surface area contributed by atoms with Crippen LogP contribution in [0.5, 0.6) is 23.0 Å². The maximum Gasteiger partial charge on any atom is 0.260 e. The highest BCUT2D eigenvalue weighted by atomic mass is 16.5. The Labute approximate surface area is 158 Å². The van der Waals surface area contributed by atoms with Gasteiger partial charge in [-0.2, -0.15) is 0 Å². The zero-order valence-corrected chi connectivity index (χ0v) is 14.6. The molecule has 0 unspecified atom stereocenters. The summed E-state index contributed by atoms with van der Waals surface area (Å²) in [6.45, 7) is 0.119. The lowest BCUT2D eigenvalue weighted by Crippen LogP contribution is -2.57. The maximum absolute atomic E-state index is 6.25. The highest BCUT2D eigenvalue weighted by Crippen LogP contribution is 2.35. The van der Waals surface area contributed by atoms with Crippen molar-refractivity contribution in [2.24, 2.45) is 0 Å². The predicted molar refractivity (Wildman–Crippen MR) is 110 cm³/mol. The molecule has 0 radical (unpaired) electrons.